The fourth-order valence-electron chi connectivity index (χ4n) is 2.57. The van der Waals surface area contributed by atoms with E-state index >= 15 is 0 Å². The van der Waals surface area contributed by atoms with Crippen molar-refractivity contribution in [2.75, 3.05) is 5.32 Å². The molecule has 1 aromatic carbocycles. The van der Waals surface area contributed by atoms with E-state index in [9.17, 15) is 4.79 Å². The number of para-hydroxylation sites is 1. The van der Waals surface area contributed by atoms with Gasteiger partial charge in [0.05, 0.1) is 5.25 Å². The number of carbonyl (C=O) groups excluding carboxylic acids is 1. The summed E-state index contributed by atoms with van der Waals surface area (Å²) in [6, 6.07) is 13.3. The minimum absolute atomic E-state index is 0.0279. The van der Waals surface area contributed by atoms with Gasteiger partial charge in [-0.3, -0.25) is 9.78 Å². The fraction of sp³-hybridized carbons (Fsp3) is 0.263. The summed E-state index contributed by atoms with van der Waals surface area (Å²) >= 11 is 1.44. The van der Waals surface area contributed by atoms with Gasteiger partial charge in [-0.1, -0.05) is 36.9 Å². The molecule has 0 bridgehead atoms. The molecule has 0 unspecified atom stereocenters. The highest BCUT2D eigenvalue weighted by Gasteiger charge is 2.22. The Morgan fingerprint density at radius 1 is 1.12 bits per heavy atom. The molecule has 0 aliphatic rings. The first kappa shape index (κ1) is 18.1. The number of anilines is 1. The Morgan fingerprint density at radius 3 is 2.50 bits per heavy atom. The molecule has 6 nitrogen and oxygen atoms in total. The molecule has 0 saturated carbocycles. The molecule has 0 aliphatic heterocycles. The van der Waals surface area contributed by atoms with E-state index in [1.807, 2.05) is 60.9 Å². The number of amides is 1. The van der Waals surface area contributed by atoms with Crippen LogP contribution in [0.15, 0.2) is 60.0 Å². The van der Waals surface area contributed by atoms with Crippen LogP contribution in [0.2, 0.25) is 0 Å². The summed E-state index contributed by atoms with van der Waals surface area (Å²) in [6.07, 6.45) is 4.17. The molecule has 3 aromatic rings. The van der Waals surface area contributed by atoms with Crippen molar-refractivity contribution in [1.29, 1.82) is 0 Å². The molecular weight excluding hydrogens is 346 g/mol. The standard InChI is InChI=1S/C19H21N5OS/c1-3-16(18(25)21-15-8-6-5-7-9-15)26-19-23-22-17(24(19)4-2)14-10-12-20-13-11-14/h5-13,16H,3-4H2,1-2H3,(H,21,25)/t16-/m1/s1. The van der Waals surface area contributed by atoms with Crippen molar-refractivity contribution < 1.29 is 4.79 Å². The first-order valence-corrected chi connectivity index (χ1v) is 9.47. The summed E-state index contributed by atoms with van der Waals surface area (Å²) < 4.78 is 2.03. The first-order chi connectivity index (χ1) is 12.7. The van der Waals surface area contributed by atoms with Gasteiger partial charge < -0.3 is 9.88 Å². The largest absolute Gasteiger partial charge is 0.325 e. The molecule has 1 N–H and O–H groups in total. The van der Waals surface area contributed by atoms with Crippen molar-refractivity contribution >= 4 is 23.4 Å². The third-order valence-electron chi connectivity index (χ3n) is 3.92. The van der Waals surface area contributed by atoms with Gasteiger partial charge in [-0.05, 0) is 37.6 Å². The molecule has 0 spiro atoms. The monoisotopic (exact) mass is 367 g/mol. The second-order valence-electron chi connectivity index (χ2n) is 5.66. The molecule has 1 amide bonds. The van der Waals surface area contributed by atoms with Gasteiger partial charge in [0.15, 0.2) is 11.0 Å². The van der Waals surface area contributed by atoms with Crippen molar-refractivity contribution in [3.8, 4) is 11.4 Å². The van der Waals surface area contributed by atoms with Gasteiger partial charge in [0.2, 0.25) is 5.91 Å². The number of nitrogens with zero attached hydrogens (tertiary/aromatic N) is 4. The number of rotatable bonds is 7. The van der Waals surface area contributed by atoms with Gasteiger partial charge in [0.1, 0.15) is 0 Å². The smallest absolute Gasteiger partial charge is 0.237 e. The molecule has 0 saturated heterocycles. The van der Waals surface area contributed by atoms with E-state index in [0.29, 0.717) is 6.42 Å². The second-order valence-corrected chi connectivity index (χ2v) is 6.83. The van der Waals surface area contributed by atoms with E-state index in [2.05, 4.69) is 20.5 Å². The summed E-state index contributed by atoms with van der Waals surface area (Å²) in [5, 5.41) is 12.1. The molecule has 0 aliphatic carbocycles. The Morgan fingerprint density at radius 2 is 1.85 bits per heavy atom. The van der Waals surface area contributed by atoms with Crippen LogP contribution in [0.3, 0.4) is 0 Å². The topological polar surface area (TPSA) is 72.7 Å². The fourth-order valence-corrected chi connectivity index (χ4v) is 3.59. The zero-order valence-electron chi connectivity index (χ0n) is 14.8. The second kappa shape index (κ2) is 8.62. The van der Waals surface area contributed by atoms with Gasteiger partial charge in [0.25, 0.3) is 0 Å². The number of aromatic nitrogens is 4. The predicted octanol–water partition coefficient (Wildman–Crippen LogP) is 3.87. The van der Waals surface area contributed by atoms with Crippen molar-refractivity contribution in [2.24, 2.45) is 0 Å². The van der Waals surface area contributed by atoms with Gasteiger partial charge in [-0.25, -0.2) is 0 Å². The summed E-state index contributed by atoms with van der Waals surface area (Å²) in [7, 11) is 0. The molecule has 2 heterocycles. The molecule has 0 fully saturated rings. The maximum Gasteiger partial charge on any atom is 0.237 e. The quantitative estimate of drug-likeness (QED) is 0.642. The van der Waals surface area contributed by atoms with Crippen molar-refractivity contribution in [3.05, 3.63) is 54.9 Å². The van der Waals surface area contributed by atoms with Crippen LogP contribution in [0.5, 0.6) is 0 Å². The average Bonchev–Trinajstić information content (AvgIpc) is 3.10. The molecule has 26 heavy (non-hydrogen) atoms. The zero-order valence-corrected chi connectivity index (χ0v) is 15.6. The lowest BCUT2D eigenvalue weighted by molar-refractivity contribution is -0.115. The van der Waals surface area contributed by atoms with E-state index in [1.165, 1.54) is 11.8 Å². The van der Waals surface area contributed by atoms with E-state index in [1.54, 1.807) is 12.4 Å². The van der Waals surface area contributed by atoms with Gasteiger partial charge in [-0.2, -0.15) is 0 Å². The van der Waals surface area contributed by atoms with Crippen LogP contribution in [0.4, 0.5) is 5.69 Å². The SMILES string of the molecule is CC[C@@H](Sc1nnc(-c2ccncc2)n1CC)C(=O)Nc1ccccc1. The van der Waals surface area contributed by atoms with Crippen LogP contribution in [0.25, 0.3) is 11.4 Å². The predicted molar refractivity (Wildman–Crippen MR) is 104 cm³/mol. The molecule has 134 valence electrons. The molecule has 7 heteroatoms. The highest BCUT2D eigenvalue weighted by atomic mass is 32.2. The van der Waals surface area contributed by atoms with E-state index < -0.39 is 0 Å². The Bertz CT molecular complexity index is 851. The van der Waals surface area contributed by atoms with E-state index in [-0.39, 0.29) is 11.2 Å². The van der Waals surface area contributed by atoms with Crippen molar-refractivity contribution in [2.45, 2.75) is 37.2 Å². The van der Waals surface area contributed by atoms with Crippen LogP contribution in [0.1, 0.15) is 20.3 Å². The number of hydrogen-bond donors (Lipinski definition) is 1. The molecular formula is C19H21N5OS. The number of hydrogen-bond acceptors (Lipinski definition) is 5. The Labute approximate surface area is 157 Å². The van der Waals surface area contributed by atoms with Crippen molar-refractivity contribution in [3.63, 3.8) is 0 Å². The number of carbonyl (C=O) groups is 1. The molecule has 1 atom stereocenters. The number of benzene rings is 1. The highest BCUT2D eigenvalue weighted by molar-refractivity contribution is 8.00. The maximum absolute atomic E-state index is 12.6. The number of nitrogens with one attached hydrogen (secondary N) is 1. The number of pyridine rings is 1. The maximum atomic E-state index is 12.6. The normalized spacial score (nSPS) is 11.9. The third kappa shape index (κ3) is 4.11. The summed E-state index contributed by atoms with van der Waals surface area (Å²) in [4.78, 5) is 16.7. The van der Waals surface area contributed by atoms with Gasteiger partial charge in [0, 0.05) is 30.2 Å². The van der Waals surface area contributed by atoms with Crippen molar-refractivity contribution in [1.82, 2.24) is 19.7 Å². The van der Waals surface area contributed by atoms with Gasteiger partial charge >= 0.3 is 0 Å². The molecule has 0 radical (unpaired) electrons. The van der Waals surface area contributed by atoms with Crippen LogP contribution in [0, 0.1) is 0 Å². The lowest BCUT2D eigenvalue weighted by atomic mass is 10.2. The average molecular weight is 367 g/mol. The van der Waals surface area contributed by atoms with Gasteiger partial charge in [-0.15, -0.1) is 10.2 Å². The Hall–Kier alpha value is -2.67. The van der Waals surface area contributed by atoms with E-state index in [0.717, 1.165) is 28.8 Å². The molecule has 3 rings (SSSR count). The van der Waals surface area contributed by atoms with Crippen LogP contribution in [-0.4, -0.2) is 30.9 Å². The Balaban J connectivity index is 1.78. The lowest BCUT2D eigenvalue weighted by Crippen LogP contribution is -2.25. The summed E-state index contributed by atoms with van der Waals surface area (Å²) in [5.41, 5.74) is 1.76. The van der Waals surface area contributed by atoms with E-state index in [4.69, 9.17) is 0 Å². The summed E-state index contributed by atoms with van der Waals surface area (Å²) in [5.74, 6) is 0.760. The minimum Gasteiger partial charge on any atom is -0.325 e. The minimum atomic E-state index is -0.241. The van der Waals surface area contributed by atoms with Crippen LogP contribution >= 0.6 is 11.8 Å². The highest BCUT2D eigenvalue weighted by Crippen LogP contribution is 2.28. The zero-order chi connectivity index (χ0) is 18.4. The summed E-state index contributed by atoms with van der Waals surface area (Å²) in [6.45, 7) is 4.77. The lowest BCUT2D eigenvalue weighted by Gasteiger charge is -2.15. The molecule has 2 aromatic heterocycles. The first-order valence-electron chi connectivity index (χ1n) is 8.59. The van der Waals surface area contributed by atoms with Crippen LogP contribution < -0.4 is 5.32 Å². The third-order valence-corrected chi connectivity index (χ3v) is 5.27. The number of thioether (sulfide) groups is 1. The van der Waals surface area contributed by atoms with Crippen LogP contribution in [-0.2, 0) is 11.3 Å². The Kier molecular flexibility index (Phi) is 6.01.